The van der Waals surface area contributed by atoms with Gasteiger partial charge in [0.15, 0.2) is 5.78 Å². The molecule has 0 radical (unpaired) electrons. The van der Waals surface area contributed by atoms with Crippen molar-refractivity contribution in [3.63, 3.8) is 0 Å². The molecule has 0 aromatic heterocycles. The van der Waals surface area contributed by atoms with Gasteiger partial charge in [-0.1, -0.05) is 0 Å². The van der Waals surface area contributed by atoms with E-state index in [1.165, 1.54) is 19.1 Å². The molecule has 0 fully saturated rings. The average Bonchev–Trinajstić information content (AvgIpc) is 2.16. The number of alkyl halides is 2. The van der Waals surface area contributed by atoms with E-state index in [1.807, 2.05) is 0 Å². The fraction of sp³-hybridized carbons (Fsp3) is 0.200. The van der Waals surface area contributed by atoms with Gasteiger partial charge in [0, 0.05) is 5.56 Å². The van der Waals surface area contributed by atoms with E-state index in [0.717, 1.165) is 6.07 Å². The molecule has 0 bridgehead atoms. The van der Waals surface area contributed by atoms with E-state index in [1.54, 1.807) is 6.07 Å². The lowest BCUT2D eigenvalue weighted by atomic mass is 10.1. The highest BCUT2D eigenvalue weighted by molar-refractivity contribution is 5.96. The van der Waals surface area contributed by atoms with E-state index in [2.05, 4.69) is 4.74 Å². The molecular weight excluding hydrogens is 204 g/mol. The summed E-state index contributed by atoms with van der Waals surface area (Å²) in [4.78, 5) is 11.1. The Morgan fingerprint density at radius 1 is 1.53 bits per heavy atom. The van der Waals surface area contributed by atoms with Crippen molar-refractivity contribution >= 4 is 5.78 Å². The van der Waals surface area contributed by atoms with Crippen molar-refractivity contribution in [2.45, 2.75) is 13.5 Å². The summed E-state index contributed by atoms with van der Waals surface area (Å²) >= 11 is 0. The minimum Gasteiger partial charge on any atom is -0.435 e. The van der Waals surface area contributed by atoms with Gasteiger partial charge in [-0.05, 0) is 25.1 Å². The molecule has 0 heterocycles. The Hall–Kier alpha value is -1.96. The summed E-state index contributed by atoms with van der Waals surface area (Å²) in [6.45, 7) is -1.69. The van der Waals surface area contributed by atoms with Gasteiger partial charge in [-0.25, -0.2) is 0 Å². The summed E-state index contributed by atoms with van der Waals surface area (Å²) in [6.07, 6.45) is 0. The number of hydrogen-bond donors (Lipinski definition) is 0. The number of Topliss-reactive ketones (excluding diaryl/α,β-unsaturated/α-hetero) is 1. The van der Waals surface area contributed by atoms with Crippen molar-refractivity contribution in [1.29, 1.82) is 5.26 Å². The van der Waals surface area contributed by atoms with Crippen LogP contribution in [-0.4, -0.2) is 12.4 Å². The number of ether oxygens (including phenoxy) is 1. The zero-order chi connectivity index (χ0) is 11.4. The number of rotatable bonds is 3. The topological polar surface area (TPSA) is 50.1 Å². The second-order valence-electron chi connectivity index (χ2n) is 2.75. The molecule has 1 aromatic rings. The highest BCUT2D eigenvalue weighted by Gasteiger charge is 2.11. The highest BCUT2D eigenvalue weighted by atomic mass is 19.3. The largest absolute Gasteiger partial charge is 0.435 e. The van der Waals surface area contributed by atoms with E-state index >= 15 is 0 Å². The fourth-order valence-electron chi connectivity index (χ4n) is 1.09. The Morgan fingerprint density at radius 2 is 2.20 bits per heavy atom. The molecule has 0 amide bonds. The van der Waals surface area contributed by atoms with Crippen molar-refractivity contribution in [3.05, 3.63) is 29.3 Å². The van der Waals surface area contributed by atoms with E-state index in [-0.39, 0.29) is 22.7 Å². The Balaban J connectivity index is 3.12. The van der Waals surface area contributed by atoms with Crippen LogP contribution < -0.4 is 4.74 Å². The van der Waals surface area contributed by atoms with Crippen molar-refractivity contribution < 1.29 is 18.3 Å². The minimum atomic E-state index is -2.95. The lowest BCUT2D eigenvalue weighted by Crippen LogP contribution is -2.04. The van der Waals surface area contributed by atoms with Crippen LogP contribution >= 0.6 is 0 Å². The molecule has 0 saturated carbocycles. The molecule has 0 aliphatic rings. The van der Waals surface area contributed by atoms with Crippen LogP contribution in [0.5, 0.6) is 5.75 Å². The van der Waals surface area contributed by atoms with Crippen molar-refractivity contribution in [1.82, 2.24) is 0 Å². The summed E-state index contributed by atoms with van der Waals surface area (Å²) in [6, 6.07) is 5.42. The zero-order valence-electron chi connectivity index (χ0n) is 7.83. The molecule has 1 rings (SSSR count). The van der Waals surface area contributed by atoms with Crippen molar-refractivity contribution in [3.8, 4) is 11.8 Å². The maximum absolute atomic E-state index is 11.9. The molecule has 5 heteroatoms. The van der Waals surface area contributed by atoms with Crippen LogP contribution in [0.4, 0.5) is 8.78 Å². The molecule has 78 valence electrons. The first-order valence-electron chi connectivity index (χ1n) is 4.04. The van der Waals surface area contributed by atoms with Gasteiger partial charge in [0.1, 0.15) is 5.75 Å². The maximum Gasteiger partial charge on any atom is 0.387 e. The molecule has 0 aliphatic heterocycles. The molecule has 0 aliphatic carbocycles. The molecule has 0 atom stereocenters. The predicted octanol–water partition coefficient (Wildman–Crippen LogP) is 2.36. The zero-order valence-corrected chi connectivity index (χ0v) is 7.83. The third-order valence-electron chi connectivity index (χ3n) is 1.72. The van der Waals surface area contributed by atoms with Gasteiger partial charge in [0.2, 0.25) is 0 Å². The maximum atomic E-state index is 11.9. The van der Waals surface area contributed by atoms with Gasteiger partial charge >= 0.3 is 6.61 Å². The first-order chi connectivity index (χ1) is 7.04. The lowest BCUT2D eigenvalue weighted by molar-refractivity contribution is -0.0498. The van der Waals surface area contributed by atoms with Crippen LogP contribution in [0.1, 0.15) is 22.8 Å². The van der Waals surface area contributed by atoms with Crippen LogP contribution in [0.2, 0.25) is 0 Å². The molecule has 0 saturated heterocycles. The first kappa shape index (κ1) is 11.1. The second-order valence-corrected chi connectivity index (χ2v) is 2.75. The Morgan fingerprint density at radius 3 is 2.67 bits per heavy atom. The van der Waals surface area contributed by atoms with Crippen LogP contribution in [0.15, 0.2) is 18.2 Å². The van der Waals surface area contributed by atoms with Crippen LogP contribution in [-0.2, 0) is 0 Å². The van der Waals surface area contributed by atoms with Gasteiger partial charge in [-0.2, -0.15) is 14.0 Å². The number of halogens is 2. The first-order valence-corrected chi connectivity index (χ1v) is 4.04. The molecule has 15 heavy (non-hydrogen) atoms. The summed E-state index contributed by atoms with van der Waals surface area (Å²) in [5.41, 5.74) is 0.222. The summed E-state index contributed by atoms with van der Waals surface area (Å²) in [7, 11) is 0. The lowest BCUT2D eigenvalue weighted by Gasteiger charge is -2.06. The van der Waals surface area contributed by atoms with Crippen LogP contribution in [0.3, 0.4) is 0 Å². The van der Waals surface area contributed by atoms with Gasteiger partial charge in [0.25, 0.3) is 0 Å². The fourth-order valence-corrected chi connectivity index (χ4v) is 1.09. The number of hydrogen-bond acceptors (Lipinski definition) is 3. The SMILES string of the molecule is CC(=O)c1cc(OC(F)F)ccc1C#N. The smallest absolute Gasteiger partial charge is 0.387 e. The summed E-state index contributed by atoms with van der Waals surface area (Å²) < 4.78 is 27.8. The van der Waals surface area contributed by atoms with Crippen LogP contribution in [0, 0.1) is 11.3 Å². The molecule has 0 unspecified atom stereocenters. The van der Waals surface area contributed by atoms with Crippen molar-refractivity contribution in [2.24, 2.45) is 0 Å². The molecule has 0 spiro atoms. The Bertz CT molecular complexity index is 424. The monoisotopic (exact) mass is 211 g/mol. The van der Waals surface area contributed by atoms with Gasteiger partial charge in [-0.3, -0.25) is 4.79 Å². The number of ketones is 1. The van der Waals surface area contributed by atoms with E-state index in [4.69, 9.17) is 5.26 Å². The molecule has 1 aromatic carbocycles. The number of benzene rings is 1. The molecular formula is C10H7F2NO2. The Labute approximate surface area is 84.9 Å². The number of nitrogens with zero attached hydrogens (tertiary/aromatic N) is 1. The molecule has 0 N–H and O–H groups in total. The van der Waals surface area contributed by atoms with E-state index in [9.17, 15) is 13.6 Å². The normalized spacial score (nSPS) is 9.80. The molecule has 3 nitrogen and oxygen atoms in total. The number of nitriles is 1. The van der Waals surface area contributed by atoms with Gasteiger partial charge in [-0.15, -0.1) is 0 Å². The van der Waals surface area contributed by atoms with E-state index in [0.29, 0.717) is 0 Å². The second kappa shape index (κ2) is 4.51. The third-order valence-corrected chi connectivity index (χ3v) is 1.72. The number of carbonyl (C=O) groups excluding carboxylic acids is 1. The Kier molecular flexibility index (Phi) is 3.34. The number of carbonyl (C=O) groups is 1. The minimum absolute atomic E-state index is 0.0793. The summed E-state index contributed by atoms with van der Waals surface area (Å²) in [5.74, 6) is -0.500. The average molecular weight is 211 g/mol. The third kappa shape index (κ3) is 2.74. The van der Waals surface area contributed by atoms with Gasteiger partial charge < -0.3 is 4.74 Å². The van der Waals surface area contributed by atoms with Gasteiger partial charge in [0.05, 0.1) is 11.6 Å². The predicted molar refractivity (Wildman–Crippen MR) is 47.8 cm³/mol. The summed E-state index contributed by atoms with van der Waals surface area (Å²) in [5, 5.41) is 8.65. The van der Waals surface area contributed by atoms with Crippen molar-refractivity contribution in [2.75, 3.05) is 0 Å². The quantitative estimate of drug-likeness (QED) is 0.721. The van der Waals surface area contributed by atoms with Crippen LogP contribution in [0.25, 0.3) is 0 Å². The highest BCUT2D eigenvalue weighted by Crippen LogP contribution is 2.19. The standard InChI is InChI=1S/C10H7F2NO2/c1-6(14)9-4-8(15-10(11)12)3-2-7(9)5-13/h2-4,10H,1H3. The van der Waals surface area contributed by atoms with E-state index < -0.39 is 6.61 Å².